The number of benzene rings is 2. The number of hydrogen-bond donors (Lipinski definition) is 1. The number of nitrogens with two attached hydrogens (primary N) is 1. The largest absolute Gasteiger partial charge is 0.399 e. The van der Waals surface area contributed by atoms with Crippen LogP contribution in [0.15, 0.2) is 18.2 Å². The zero-order valence-electron chi connectivity index (χ0n) is 7.94. The summed E-state index contributed by atoms with van der Waals surface area (Å²) in [6.45, 7) is 1.60. The Morgan fingerprint density at radius 2 is 1.67 bits per heavy atom. The molecule has 0 aromatic heterocycles. The minimum Gasteiger partial charge on any atom is -0.399 e. The van der Waals surface area contributed by atoms with Crippen molar-refractivity contribution in [3.05, 3.63) is 41.2 Å². The first-order chi connectivity index (χ1) is 7.00. The van der Waals surface area contributed by atoms with E-state index in [1.165, 1.54) is 12.1 Å². The monoisotopic (exact) mass is 211 g/mol. The molecular formula is C11H8F3N. The predicted octanol–water partition coefficient (Wildman–Crippen LogP) is 3.15. The fourth-order valence-corrected chi connectivity index (χ4v) is 1.67. The number of fused-ring (bicyclic) bond motifs is 1. The van der Waals surface area contributed by atoms with Gasteiger partial charge in [0.25, 0.3) is 0 Å². The van der Waals surface area contributed by atoms with E-state index in [0.717, 1.165) is 6.07 Å². The van der Waals surface area contributed by atoms with Gasteiger partial charge in [-0.3, -0.25) is 0 Å². The quantitative estimate of drug-likeness (QED) is 0.525. The van der Waals surface area contributed by atoms with Gasteiger partial charge in [0.2, 0.25) is 0 Å². The maximum absolute atomic E-state index is 13.4. The highest BCUT2D eigenvalue weighted by Crippen LogP contribution is 2.27. The molecule has 2 aromatic rings. The van der Waals surface area contributed by atoms with E-state index in [-0.39, 0.29) is 10.8 Å². The predicted molar refractivity (Wildman–Crippen MR) is 53.0 cm³/mol. The Morgan fingerprint density at radius 3 is 2.33 bits per heavy atom. The lowest BCUT2D eigenvalue weighted by atomic mass is 10.0. The summed E-state index contributed by atoms with van der Waals surface area (Å²) < 4.78 is 39.3. The van der Waals surface area contributed by atoms with Crippen LogP contribution < -0.4 is 5.73 Å². The van der Waals surface area contributed by atoms with Crippen LogP contribution in [0, 0.1) is 24.4 Å². The van der Waals surface area contributed by atoms with Crippen molar-refractivity contribution in [3.8, 4) is 0 Å². The fourth-order valence-electron chi connectivity index (χ4n) is 1.67. The third-order valence-electron chi connectivity index (χ3n) is 2.29. The van der Waals surface area contributed by atoms with Gasteiger partial charge in [0.1, 0.15) is 0 Å². The van der Waals surface area contributed by atoms with Gasteiger partial charge < -0.3 is 5.73 Å². The highest BCUT2D eigenvalue weighted by molar-refractivity contribution is 5.89. The fraction of sp³-hybridized carbons (Fsp3) is 0.0909. The molecule has 0 saturated carbocycles. The lowest BCUT2D eigenvalue weighted by Crippen LogP contribution is -1.95. The van der Waals surface area contributed by atoms with Crippen molar-refractivity contribution in [2.24, 2.45) is 0 Å². The van der Waals surface area contributed by atoms with Gasteiger partial charge in [-0.1, -0.05) is 0 Å². The first kappa shape index (κ1) is 9.83. The zero-order chi connectivity index (χ0) is 11.2. The minimum atomic E-state index is -1.45. The molecule has 2 N–H and O–H groups in total. The maximum Gasteiger partial charge on any atom is 0.195 e. The van der Waals surface area contributed by atoms with Gasteiger partial charge in [0.05, 0.1) is 0 Å². The summed E-state index contributed by atoms with van der Waals surface area (Å²) in [6.07, 6.45) is 0. The summed E-state index contributed by atoms with van der Waals surface area (Å²) >= 11 is 0. The van der Waals surface area contributed by atoms with E-state index in [2.05, 4.69) is 0 Å². The normalized spacial score (nSPS) is 10.9. The molecule has 2 rings (SSSR count). The van der Waals surface area contributed by atoms with Gasteiger partial charge in [-0.2, -0.15) is 0 Å². The number of hydrogen-bond acceptors (Lipinski definition) is 1. The Hall–Kier alpha value is -1.71. The third-order valence-corrected chi connectivity index (χ3v) is 2.29. The molecule has 0 fully saturated rings. The van der Waals surface area contributed by atoms with Gasteiger partial charge in [-0.15, -0.1) is 0 Å². The minimum absolute atomic E-state index is 0.0723. The molecule has 4 heteroatoms. The molecule has 0 aliphatic carbocycles. The molecule has 1 nitrogen and oxygen atoms in total. The van der Waals surface area contributed by atoms with Gasteiger partial charge >= 0.3 is 0 Å². The van der Waals surface area contributed by atoms with Crippen LogP contribution >= 0.6 is 0 Å². The molecule has 0 atom stereocenters. The molecule has 0 saturated heterocycles. The Balaban J connectivity index is 2.99. The van der Waals surface area contributed by atoms with Crippen LogP contribution in [0.4, 0.5) is 18.9 Å². The second-order valence-electron chi connectivity index (χ2n) is 3.42. The zero-order valence-corrected chi connectivity index (χ0v) is 7.94. The number of halogens is 3. The third kappa shape index (κ3) is 1.42. The maximum atomic E-state index is 13.4. The first-order valence-corrected chi connectivity index (χ1v) is 4.34. The summed E-state index contributed by atoms with van der Waals surface area (Å²) in [5.41, 5.74) is 6.41. The smallest absolute Gasteiger partial charge is 0.195 e. The topological polar surface area (TPSA) is 26.0 Å². The summed E-state index contributed by atoms with van der Waals surface area (Å²) in [5.74, 6) is -3.82. The lowest BCUT2D eigenvalue weighted by molar-refractivity contribution is 0.453. The molecule has 0 spiro atoms. The van der Waals surface area contributed by atoms with Crippen LogP contribution in [0.5, 0.6) is 0 Å². The number of nitrogen functional groups attached to an aromatic ring is 1. The van der Waals surface area contributed by atoms with E-state index >= 15 is 0 Å². The van der Waals surface area contributed by atoms with Crippen LogP contribution in [-0.4, -0.2) is 0 Å². The second-order valence-corrected chi connectivity index (χ2v) is 3.42. The van der Waals surface area contributed by atoms with E-state index < -0.39 is 17.5 Å². The van der Waals surface area contributed by atoms with E-state index in [1.807, 2.05) is 0 Å². The highest BCUT2D eigenvalue weighted by Gasteiger charge is 2.15. The van der Waals surface area contributed by atoms with Crippen molar-refractivity contribution >= 4 is 16.5 Å². The molecule has 0 aliphatic rings. The second kappa shape index (κ2) is 3.15. The summed E-state index contributed by atoms with van der Waals surface area (Å²) in [6, 6.07) is 3.87. The van der Waals surface area contributed by atoms with Crippen molar-refractivity contribution < 1.29 is 13.2 Å². The standard InChI is InChI=1S/C11H8F3N/c1-5-2-7(15)3-6-4-8(12)10(13)11(14)9(5)6/h2-4H,15H2,1H3. The molecule has 0 heterocycles. The molecule has 15 heavy (non-hydrogen) atoms. The molecule has 0 amide bonds. The molecular weight excluding hydrogens is 203 g/mol. The summed E-state index contributed by atoms with van der Waals surface area (Å²) in [4.78, 5) is 0. The van der Waals surface area contributed by atoms with Crippen LogP contribution in [0.1, 0.15) is 5.56 Å². The van der Waals surface area contributed by atoms with Crippen molar-refractivity contribution in [1.82, 2.24) is 0 Å². The number of rotatable bonds is 0. The van der Waals surface area contributed by atoms with Crippen LogP contribution in [0.25, 0.3) is 10.8 Å². The van der Waals surface area contributed by atoms with Crippen molar-refractivity contribution in [2.45, 2.75) is 6.92 Å². The molecule has 0 unspecified atom stereocenters. The molecule has 2 aromatic carbocycles. The lowest BCUT2D eigenvalue weighted by Gasteiger charge is -2.06. The van der Waals surface area contributed by atoms with E-state index in [0.29, 0.717) is 11.3 Å². The van der Waals surface area contributed by atoms with Gasteiger partial charge in [-0.25, -0.2) is 13.2 Å². The van der Waals surface area contributed by atoms with E-state index in [1.54, 1.807) is 6.92 Å². The summed E-state index contributed by atoms with van der Waals surface area (Å²) in [7, 11) is 0. The van der Waals surface area contributed by atoms with E-state index in [9.17, 15) is 13.2 Å². The van der Waals surface area contributed by atoms with Crippen LogP contribution in [0.2, 0.25) is 0 Å². The van der Waals surface area contributed by atoms with Gasteiger partial charge in [0, 0.05) is 11.1 Å². The molecule has 0 bridgehead atoms. The van der Waals surface area contributed by atoms with Gasteiger partial charge in [-0.05, 0) is 36.1 Å². The van der Waals surface area contributed by atoms with E-state index in [4.69, 9.17) is 5.73 Å². The Labute approximate surface area is 84.3 Å². The Kier molecular flexibility index (Phi) is 2.07. The highest BCUT2D eigenvalue weighted by atomic mass is 19.2. The number of anilines is 1. The SMILES string of the molecule is Cc1cc(N)cc2cc(F)c(F)c(F)c12. The first-order valence-electron chi connectivity index (χ1n) is 4.34. The van der Waals surface area contributed by atoms with Crippen LogP contribution in [0.3, 0.4) is 0 Å². The molecule has 0 radical (unpaired) electrons. The van der Waals surface area contributed by atoms with Crippen molar-refractivity contribution in [1.29, 1.82) is 0 Å². The average molecular weight is 211 g/mol. The van der Waals surface area contributed by atoms with Crippen LogP contribution in [-0.2, 0) is 0 Å². The van der Waals surface area contributed by atoms with Crippen molar-refractivity contribution in [2.75, 3.05) is 5.73 Å². The Bertz CT molecular complexity index is 549. The number of aryl methyl sites for hydroxylation is 1. The van der Waals surface area contributed by atoms with Crippen molar-refractivity contribution in [3.63, 3.8) is 0 Å². The van der Waals surface area contributed by atoms with Gasteiger partial charge in [0.15, 0.2) is 17.5 Å². The molecule has 0 aliphatic heterocycles. The summed E-state index contributed by atoms with van der Waals surface area (Å²) in [5, 5.41) is 0.340. The molecule has 78 valence electrons. The Morgan fingerprint density at radius 1 is 1.00 bits per heavy atom. The average Bonchev–Trinajstić information content (AvgIpc) is 2.13.